The molecular weight excluding hydrogens is 405 g/mol. The molecule has 1 atom stereocenters. The van der Waals surface area contributed by atoms with E-state index in [2.05, 4.69) is 34.0 Å². The fourth-order valence-electron chi connectivity index (χ4n) is 2.60. The van der Waals surface area contributed by atoms with Gasteiger partial charge in [0.15, 0.2) is 0 Å². The SMILES string of the molecule is COc1ccc(Cl)c(NC2CCCc3sc(I)cc32)c1. The van der Waals surface area contributed by atoms with Gasteiger partial charge in [-0.25, -0.2) is 0 Å². The molecule has 0 radical (unpaired) electrons. The number of methoxy groups -OCH3 is 1. The molecule has 3 rings (SSSR count). The van der Waals surface area contributed by atoms with Crippen LogP contribution < -0.4 is 10.1 Å². The molecule has 0 bridgehead atoms. The smallest absolute Gasteiger partial charge is 0.121 e. The number of hydrogen-bond donors (Lipinski definition) is 1. The molecule has 0 amide bonds. The number of hydrogen-bond acceptors (Lipinski definition) is 3. The quantitative estimate of drug-likeness (QED) is 0.663. The molecule has 106 valence electrons. The summed E-state index contributed by atoms with van der Waals surface area (Å²) in [5.74, 6) is 0.827. The maximum absolute atomic E-state index is 6.29. The first-order chi connectivity index (χ1) is 9.67. The Morgan fingerprint density at radius 3 is 3.05 bits per heavy atom. The molecule has 0 aliphatic heterocycles. The van der Waals surface area contributed by atoms with E-state index >= 15 is 0 Å². The Hall–Kier alpha value is -0.460. The lowest BCUT2D eigenvalue weighted by Gasteiger charge is -2.25. The summed E-state index contributed by atoms with van der Waals surface area (Å²) in [6.45, 7) is 0. The van der Waals surface area contributed by atoms with Crippen molar-refractivity contribution in [1.29, 1.82) is 0 Å². The van der Waals surface area contributed by atoms with Crippen molar-refractivity contribution in [2.24, 2.45) is 0 Å². The Labute approximate surface area is 141 Å². The normalized spacial score (nSPS) is 17.6. The summed E-state index contributed by atoms with van der Waals surface area (Å²) < 4.78 is 6.63. The Morgan fingerprint density at radius 2 is 2.25 bits per heavy atom. The number of anilines is 1. The molecule has 1 N–H and O–H groups in total. The van der Waals surface area contributed by atoms with Crippen LogP contribution in [0.3, 0.4) is 0 Å². The molecule has 20 heavy (non-hydrogen) atoms. The van der Waals surface area contributed by atoms with Crippen LogP contribution in [0.1, 0.15) is 29.3 Å². The lowest BCUT2D eigenvalue weighted by Crippen LogP contribution is -2.15. The van der Waals surface area contributed by atoms with Gasteiger partial charge in [0.05, 0.1) is 26.7 Å². The molecule has 1 aromatic heterocycles. The average Bonchev–Trinajstić information content (AvgIpc) is 2.82. The summed E-state index contributed by atoms with van der Waals surface area (Å²) in [4.78, 5) is 1.51. The molecule has 1 aliphatic rings. The van der Waals surface area contributed by atoms with E-state index in [4.69, 9.17) is 16.3 Å². The zero-order valence-electron chi connectivity index (χ0n) is 11.1. The van der Waals surface area contributed by atoms with E-state index in [0.717, 1.165) is 22.9 Å². The Morgan fingerprint density at radius 1 is 1.40 bits per heavy atom. The highest BCUT2D eigenvalue weighted by Gasteiger charge is 2.23. The lowest BCUT2D eigenvalue weighted by atomic mass is 9.94. The van der Waals surface area contributed by atoms with Gasteiger partial charge in [0.2, 0.25) is 0 Å². The van der Waals surface area contributed by atoms with Crippen molar-refractivity contribution in [3.63, 3.8) is 0 Å². The summed E-state index contributed by atoms with van der Waals surface area (Å²) in [7, 11) is 1.67. The van der Waals surface area contributed by atoms with Crippen LogP contribution in [0.15, 0.2) is 24.3 Å². The molecule has 0 saturated heterocycles. The fraction of sp³-hybridized carbons (Fsp3) is 0.333. The fourth-order valence-corrected chi connectivity index (χ4v) is 4.89. The minimum atomic E-state index is 0.350. The van der Waals surface area contributed by atoms with E-state index in [-0.39, 0.29) is 0 Å². The third-order valence-electron chi connectivity index (χ3n) is 3.59. The van der Waals surface area contributed by atoms with Crippen molar-refractivity contribution in [2.45, 2.75) is 25.3 Å². The molecule has 1 unspecified atom stereocenters. The number of ether oxygens (including phenoxy) is 1. The van der Waals surface area contributed by atoms with Crippen LogP contribution in [0.5, 0.6) is 5.75 Å². The number of rotatable bonds is 3. The second-order valence-corrected chi connectivity index (χ2v) is 8.30. The van der Waals surface area contributed by atoms with Gasteiger partial charge in [-0.2, -0.15) is 0 Å². The predicted molar refractivity (Wildman–Crippen MR) is 94.3 cm³/mol. The van der Waals surface area contributed by atoms with Crippen molar-refractivity contribution in [3.8, 4) is 5.75 Å². The van der Waals surface area contributed by atoms with Gasteiger partial charge in [0, 0.05) is 10.9 Å². The second kappa shape index (κ2) is 6.12. The van der Waals surface area contributed by atoms with Crippen molar-refractivity contribution in [3.05, 3.63) is 42.6 Å². The van der Waals surface area contributed by atoms with Gasteiger partial charge in [0.25, 0.3) is 0 Å². The summed E-state index contributed by atoms with van der Waals surface area (Å²) in [5.41, 5.74) is 2.38. The predicted octanol–water partition coefficient (Wildman–Crippen LogP) is 5.50. The van der Waals surface area contributed by atoms with Gasteiger partial charge in [0.1, 0.15) is 5.75 Å². The number of halogens is 2. The largest absolute Gasteiger partial charge is 0.497 e. The van der Waals surface area contributed by atoms with Crippen LogP contribution in [-0.2, 0) is 6.42 Å². The van der Waals surface area contributed by atoms with Gasteiger partial charge in [-0.1, -0.05) is 11.6 Å². The Balaban J connectivity index is 1.88. The first kappa shape index (κ1) is 14.5. The Kier molecular flexibility index (Phi) is 4.43. The van der Waals surface area contributed by atoms with Crippen LogP contribution >= 0.6 is 45.5 Å². The number of benzene rings is 1. The number of aryl methyl sites for hydroxylation is 1. The summed E-state index contributed by atoms with van der Waals surface area (Å²) in [6, 6.07) is 8.37. The molecule has 0 saturated carbocycles. The number of thiophene rings is 1. The highest BCUT2D eigenvalue weighted by molar-refractivity contribution is 14.1. The van der Waals surface area contributed by atoms with E-state index in [1.807, 2.05) is 29.5 Å². The van der Waals surface area contributed by atoms with Gasteiger partial charge < -0.3 is 10.1 Å². The molecular formula is C15H15ClINOS. The molecule has 2 nitrogen and oxygen atoms in total. The standard InChI is InChI=1S/C15H15ClINOS/c1-19-9-5-6-11(16)13(7-9)18-12-3-2-4-14-10(12)8-15(17)20-14/h5-8,12,18H,2-4H2,1H3. The zero-order chi connectivity index (χ0) is 14.1. The van der Waals surface area contributed by atoms with Crippen molar-refractivity contribution < 1.29 is 4.74 Å². The van der Waals surface area contributed by atoms with Crippen LogP contribution in [0.4, 0.5) is 5.69 Å². The topological polar surface area (TPSA) is 21.3 Å². The van der Waals surface area contributed by atoms with Crippen LogP contribution in [0.2, 0.25) is 5.02 Å². The van der Waals surface area contributed by atoms with Crippen LogP contribution in [0, 0.1) is 2.88 Å². The first-order valence-corrected chi connectivity index (χ1v) is 8.83. The van der Waals surface area contributed by atoms with E-state index in [1.54, 1.807) is 7.11 Å². The zero-order valence-corrected chi connectivity index (χ0v) is 14.8. The van der Waals surface area contributed by atoms with Crippen LogP contribution in [-0.4, -0.2) is 7.11 Å². The second-order valence-electron chi connectivity index (χ2n) is 4.86. The van der Waals surface area contributed by atoms with Crippen LogP contribution in [0.25, 0.3) is 0 Å². The van der Waals surface area contributed by atoms with Crippen molar-refractivity contribution in [1.82, 2.24) is 0 Å². The lowest BCUT2D eigenvalue weighted by molar-refractivity contribution is 0.415. The molecule has 2 aromatic rings. The van der Waals surface area contributed by atoms with E-state index in [0.29, 0.717) is 6.04 Å². The molecule has 1 heterocycles. The minimum Gasteiger partial charge on any atom is -0.497 e. The highest BCUT2D eigenvalue weighted by atomic mass is 127. The van der Waals surface area contributed by atoms with E-state index < -0.39 is 0 Å². The minimum absolute atomic E-state index is 0.350. The van der Waals surface area contributed by atoms with Gasteiger partial charge >= 0.3 is 0 Å². The van der Waals surface area contributed by atoms with Gasteiger partial charge in [-0.3, -0.25) is 0 Å². The molecule has 1 aromatic carbocycles. The molecule has 1 aliphatic carbocycles. The molecule has 5 heteroatoms. The monoisotopic (exact) mass is 419 g/mol. The molecule has 0 fully saturated rings. The highest BCUT2D eigenvalue weighted by Crippen LogP contribution is 2.39. The third kappa shape index (κ3) is 2.92. The van der Waals surface area contributed by atoms with Crippen molar-refractivity contribution >= 4 is 51.2 Å². The van der Waals surface area contributed by atoms with E-state index in [1.165, 1.54) is 26.2 Å². The maximum atomic E-state index is 6.29. The van der Waals surface area contributed by atoms with Gasteiger partial charge in [-0.15, -0.1) is 11.3 Å². The number of nitrogens with one attached hydrogen (secondary N) is 1. The van der Waals surface area contributed by atoms with E-state index in [9.17, 15) is 0 Å². The molecule has 0 spiro atoms. The van der Waals surface area contributed by atoms with Gasteiger partial charge in [-0.05, 0) is 65.6 Å². The summed E-state index contributed by atoms with van der Waals surface area (Å²) in [5, 5.41) is 4.32. The first-order valence-electron chi connectivity index (χ1n) is 6.55. The number of fused-ring (bicyclic) bond motifs is 1. The van der Waals surface area contributed by atoms with Crippen molar-refractivity contribution in [2.75, 3.05) is 12.4 Å². The average molecular weight is 420 g/mol. The third-order valence-corrected chi connectivity index (χ3v) is 5.89. The summed E-state index contributed by atoms with van der Waals surface area (Å²) in [6.07, 6.45) is 3.57. The maximum Gasteiger partial charge on any atom is 0.121 e. The summed E-state index contributed by atoms with van der Waals surface area (Å²) >= 11 is 10.6. The Bertz CT molecular complexity index is 628.